The molecule has 1 saturated heterocycles. The summed E-state index contributed by atoms with van der Waals surface area (Å²) in [4.78, 5) is 0. The number of phenolic OH excluding ortho intramolecular Hbond substituents is 1. The van der Waals surface area contributed by atoms with Gasteiger partial charge in [0.25, 0.3) is 0 Å². The van der Waals surface area contributed by atoms with Crippen molar-refractivity contribution < 1.29 is 9.84 Å². The summed E-state index contributed by atoms with van der Waals surface area (Å²) in [5.74, 6) is 0.990. The molecule has 0 unspecified atom stereocenters. The van der Waals surface area contributed by atoms with Crippen LogP contribution in [0.3, 0.4) is 0 Å². The third kappa shape index (κ3) is 2.34. The second-order valence-electron chi connectivity index (χ2n) is 4.25. The first-order chi connectivity index (χ1) is 8.26. The van der Waals surface area contributed by atoms with E-state index in [1.807, 2.05) is 0 Å². The summed E-state index contributed by atoms with van der Waals surface area (Å²) in [5.41, 5.74) is 1.35. The Hall–Kier alpha value is -1.73. The molecule has 1 aliphatic heterocycles. The standard InChI is InChI=1S/C13H16N2O2/c1-17-13-7-12(16)11(6-10(13)8-14)9-2-4-15-5-3-9/h6-7,9,15-16H,2-5H2,1H3. The van der Waals surface area contributed by atoms with Crippen molar-refractivity contribution in [1.82, 2.24) is 5.32 Å². The van der Waals surface area contributed by atoms with Crippen LogP contribution in [0, 0.1) is 11.3 Å². The molecule has 1 fully saturated rings. The molecule has 2 rings (SSSR count). The first-order valence-electron chi connectivity index (χ1n) is 5.78. The Morgan fingerprint density at radius 1 is 1.41 bits per heavy atom. The number of benzene rings is 1. The SMILES string of the molecule is COc1cc(O)c(C2CCNCC2)cc1C#N. The number of nitrogens with one attached hydrogen (secondary N) is 1. The van der Waals surface area contributed by atoms with Crippen molar-refractivity contribution in [3.05, 3.63) is 23.3 Å². The number of methoxy groups -OCH3 is 1. The lowest BCUT2D eigenvalue weighted by molar-refractivity contribution is 0.398. The van der Waals surface area contributed by atoms with Crippen molar-refractivity contribution in [2.45, 2.75) is 18.8 Å². The summed E-state index contributed by atoms with van der Waals surface area (Å²) < 4.78 is 5.06. The van der Waals surface area contributed by atoms with E-state index in [0.29, 0.717) is 17.2 Å². The van der Waals surface area contributed by atoms with Crippen LogP contribution < -0.4 is 10.1 Å². The second-order valence-corrected chi connectivity index (χ2v) is 4.25. The molecule has 0 radical (unpaired) electrons. The molecule has 17 heavy (non-hydrogen) atoms. The lowest BCUT2D eigenvalue weighted by Gasteiger charge is -2.24. The van der Waals surface area contributed by atoms with Crippen LogP contribution in [0.25, 0.3) is 0 Å². The number of hydrogen-bond acceptors (Lipinski definition) is 4. The Labute approximate surface area is 101 Å². The van der Waals surface area contributed by atoms with Crippen LogP contribution in [0.4, 0.5) is 0 Å². The monoisotopic (exact) mass is 232 g/mol. The molecular formula is C13H16N2O2. The zero-order valence-electron chi connectivity index (χ0n) is 9.86. The van der Waals surface area contributed by atoms with E-state index in [9.17, 15) is 5.11 Å². The number of nitriles is 1. The fourth-order valence-corrected chi connectivity index (χ4v) is 2.30. The van der Waals surface area contributed by atoms with Gasteiger partial charge in [-0.15, -0.1) is 0 Å². The van der Waals surface area contributed by atoms with Gasteiger partial charge in [-0.2, -0.15) is 5.26 Å². The highest BCUT2D eigenvalue weighted by molar-refractivity contribution is 5.52. The van der Waals surface area contributed by atoms with Gasteiger partial charge in [0.15, 0.2) is 0 Å². The highest BCUT2D eigenvalue weighted by Crippen LogP contribution is 2.36. The smallest absolute Gasteiger partial charge is 0.140 e. The third-order valence-corrected chi connectivity index (χ3v) is 3.25. The van der Waals surface area contributed by atoms with Gasteiger partial charge >= 0.3 is 0 Å². The Morgan fingerprint density at radius 2 is 2.12 bits per heavy atom. The van der Waals surface area contributed by atoms with Gasteiger partial charge in [0.2, 0.25) is 0 Å². The average Bonchev–Trinajstić information content (AvgIpc) is 2.39. The molecule has 0 bridgehead atoms. The van der Waals surface area contributed by atoms with Crippen molar-refractivity contribution in [2.75, 3.05) is 20.2 Å². The quantitative estimate of drug-likeness (QED) is 0.815. The molecule has 1 aromatic rings. The van der Waals surface area contributed by atoms with Gasteiger partial charge in [0, 0.05) is 6.07 Å². The maximum atomic E-state index is 9.98. The van der Waals surface area contributed by atoms with Crippen molar-refractivity contribution in [3.63, 3.8) is 0 Å². The lowest BCUT2D eigenvalue weighted by atomic mass is 9.88. The van der Waals surface area contributed by atoms with E-state index in [0.717, 1.165) is 31.5 Å². The molecule has 1 aliphatic rings. The molecule has 4 heteroatoms. The average molecular weight is 232 g/mol. The van der Waals surface area contributed by atoms with E-state index in [1.165, 1.54) is 13.2 Å². The van der Waals surface area contributed by atoms with E-state index in [2.05, 4.69) is 11.4 Å². The summed E-state index contributed by atoms with van der Waals surface area (Å²) in [5, 5.41) is 22.3. The number of ether oxygens (including phenoxy) is 1. The van der Waals surface area contributed by atoms with E-state index in [-0.39, 0.29) is 5.75 Å². The Bertz CT molecular complexity index is 445. The van der Waals surface area contributed by atoms with Crippen molar-refractivity contribution in [1.29, 1.82) is 5.26 Å². The topological polar surface area (TPSA) is 65.3 Å². The summed E-state index contributed by atoms with van der Waals surface area (Å²) in [6.07, 6.45) is 1.98. The van der Waals surface area contributed by atoms with Crippen LogP contribution in [-0.4, -0.2) is 25.3 Å². The van der Waals surface area contributed by atoms with Crippen molar-refractivity contribution >= 4 is 0 Å². The molecule has 0 aromatic heterocycles. The Morgan fingerprint density at radius 3 is 2.71 bits per heavy atom. The normalized spacial score (nSPS) is 16.5. The van der Waals surface area contributed by atoms with Crippen LogP contribution in [0.15, 0.2) is 12.1 Å². The van der Waals surface area contributed by atoms with Gasteiger partial charge in [-0.25, -0.2) is 0 Å². The van der Waals surface area contributed by atoms with E-state index >= 15 is 0 Å². The van der Waals surface area contributed by atoms with Gasteiger partial charge in [-0.1, -0.05) is 0 Å². The van der Waals surface area contributed by atoms with Gasteiger partial charge in [-0.3, -0.25) is 0 Å². The van der Waals surface area contributed by atoms with Crippen LogP contribution in [-0.2, 0) is 0 Å². The molecule has 0 spiro atoms. The highest BCUT2D eigenvalue weighted by Gasteiger charge is 2.20. The minimum absolute atomic E-state index is 0.229. The van der Waals surface area contributed by atoms with Crippen LogP contribution in [0.5, 0.6) is 11.5 Å². The lowest BCUT2D eigenvalue weighted by Crippen LogP contribution is -2.26. The highest BCUT2D eigenvalue weighted by atomic mass is 16.5. The van der Waals surface area contributed by atoms with Crippen molar-refractivity contribution in [2.24, 2.45) is 0 Å². The zero-order valence-corrected chi connectivity index (χ0v) is 9.86. The molecule has 2 N–H and O–H groups in total. The zero-order chi connectivity index (χ0) is 12.3. The fourth-order valence-electron chi connectivity index (χ4n) is 2.30. The Balaban J connectivity index is 2.37. The predicted molar refractivity (Wildman–Crippen MR) is 64.2 cm³/mol. The van der Waals surface area contributed by atoms with Crippen LogP contribution in [0.1, 0.15) is 29.9 Å². The van der Waals surface area contributed by atoms with Gasteiger partial charge in [0.1, 0.15) is 17.6 Å². The van der Waals surface area contributed by atoms with Gasteiger partial charge in [0.05, 0.1) is 12.7 Å². The Kier molecular flexibility index (Phi) is 3.50. The molecule has 0 aliphatic carbocycles. The number of rotatable bonds is 2. The number of phenols is 1. The fraction of sp³-hybridized carbons (Fsp3) is 0.462. The predicted octanol–water partition coefficient (Wildman–Crippen LogP) is 1.74. The van der Waals surface area contributed by atoms with Gasteiger partial charge in [-0.05, 0) is 43.5 Å². The molecule has 0 atom stereocenters. The minimum atomic E-state index is 0.229. The first-order valence-corrected chi connectivity index (χ1v) is 5.78. The summed E-state index contributed by atoms with van der Waals surface area (Å²) in [6.45, 7) is 1.91. The molecule has 0 saturated carbocycles. The largest absolute Gasteiger partial charge is 0.508 e. The first kappa shape index (κ1) is 11.7. The van der Waals surface area contributed by atoms with E-state index in [4.69, 9.17) is 10.00 Å². The summed E-state index contributed by atoms with van der Waals surface area (Å²) >= 11 is 0. The van der Waals surface area contributed by atoms with E-state index < -0.39 is 0 Å². The maximum absolute atomic E-state index is 9.98. The number of hydrogen-bond donors (Lipinski definition) is 2. The molecule has 1 heterocycles. The van der Waals surface area contributed by atoms with Gasteiger partial charge < -0.3 is 15.2 Å². The summed E-state index contributed by atoms with van der Waals surface area (Å²) in [6, 6.07) is 5.39. The molecule has 0 amide bonds. The minimum Gasteiger partial charge on any atom is -0.508 e. The molecule has 4 nitrogen and oxygen atoms in total. The van der Waals surface area contributed by atoms with Crippen LogP contribution in [0.2, 0.25) is 0 Å². The number of piperidine rings is 1. The third-order valence-electron chi connectivity index (χ3n) is 3.25. The number of nitrogens with zero attached hydrogens (tertiary/aromatic N) is 1. The van der Waals surface area contributed by atoms with Crippen molar-refractivity contribution in [3.8, 4) is 17.6 Å². The number of aromatic hydroxyl groups is 1. The second kappa shape index (κ2) is 5.07. The molecular weight excluding hydrogens is 216 g/mol. The van der Waals surface area contributed by atoms with E-state index in [1.54, 1.807) is 6.07 Å². The summed E-state index contributed by atoms with van der Waals surface area (Å²) in [7, 11) is 1.50. The maximum Gasteiger partial charge on any atom is 0.140 e. The molecule has 90 valence electrons. The van der Waals surface area contributed by atoms with Crippen LogP contribution >= 0.6 is 0 Å². The molecule has 1 aromatic carbocycles.